The fourth-order valence-corrected chi connectivity index (χ4v) is 2.78. The third-order valence-electron chi connectivity index (χ3n) is 3.75. The predicted octanol–water partition coefficient (Wildman–Crippen LogP) is 2.09. The first kappa shape index (κ1) is 13.9. The van der Waals surface area contributed by atoms with Crippen LogP contribution in [-0.2, 0) is 9.53 Å². The maximum absolute atomic E-state index is 11.5. The van der Waals surface area contributed by atoms with Crippen LogP contribution in [0.15, 0.2) is 24.3 Å². The quantitative estimate of drug-likeness (QED) is 0.845. The van der Waals surface area contributed by atoms with Crippen molar-refractivity contribution in [2.75, 3.05) is 14.2 Å². The van der Waals surface area contributed by atoms with Crippen LogP contribution in [0.25, 0.3) is 0 Å². The Morgan fingerprint density at radius 3 is 2.58 bits per heavy atom. The zero-order valence-corrected chi connectivity index (χ0v) is 11.7. The van der Waals surface area contributed by atoms with Gasteiger partial charge in [-0.3, -0.25) is 4.79 Å². The summed E-state index contributed by atoms with van der Waals surface area (Å²) in [7, 11) is 3.09. The lowest BCUT2D eigenvalue weighted by molar-refractivity contribution is -0.141. The second kappa shape index (κ2) is 6.06. The number of methoxy groups -OCH3 is 2. The standard InChI is InChI=1S/C15H21NO3/c1-10-8-13(14(16-10)9-15(17)19-3)11-4-6-12(18-2)7-5-11/h4-7,10,13-14,16H,8-9H2,1-3H3/t10-,13-,14+/m0/s1. The van der Waals surface area contributed by atoms with Gasteiger partial charge in [0.1, 0.15) is 5.75 Å². The lowest BCUT2D eigenvalue weighted by atomic mass is 9.89. The Morgan fingerprint density at radius 2 is 2.00 bits per heavy atom. The summed E-state index contributed by atoms with van der Waals surface area (Å²) in [5.41, 5.74) is 1.24. The Hall–Kier alpha value is -1.55. The Kier molecular flexibility index (Phi) is 4.43. The number of rotatable bonds is 4. The van der Waals surface area contributed by atoms with Gasteiger partial charge in [-0.1, -0.05) is 12.1 Å². The van der Waals surface area contributed by atoms with Crippen molar-refractivity contribution in [1.29, 1.82) is 0 Å². The van der Waals surface area contributed by atoms with Crippen molar-refractivity contribution in [3.8, 4) is 5.75 Å². The molecule has 1 aliphatic rings. The van der Waals surface area contributed by atoms with E-state index in [1.165, 1.54) is 12.7 Å². The predicted molar refractivity (Wildman–Crippen MR) is 73.4 cm³/mol. The van der Waals surface area contributed by atoms with E-state index >= 15 is 0 Å². The Balaban J connectivity index is 2.12. The van der Waals surface area contributed by atoms with E-state index in [-0.39, 0.29) is 12.0 Å². The van der Waals surface area contributed by atoms with E-state index in [1.807, 2.05) is 12.1 Å². The van der Waals surface area contributed by atoms with Crippen LogP contribution in [-0.4, -0.2) is 32.3 Å². The highest BCUT2D eigenvalue weighted by Crippen LogP contribution is 2.33. The maximum atomic E-state index is 11.5. The molecule has 0 spiro atoms. The lowest BCUT2D eigenvalue weighted by Gasteiger charge is -2.19. The topological polar surface area (TPSA) is 47.6 Å². The monoisotopic (exact) mass is 263 g/mol. The molecule has 1 aromatic carbocycles. The van der Waals surface area contributed by atoms with Gasteiger partial charge in [-0.05, 0) is 31.0 Å². The van der Waals surface area contributed by atoms with E-state index in [4.69, 9.17) is 9.47 Å². The van der Waals surface area contributed by atoms with Gasteiger partial charge < -0.3 is 14.8 Å². The maximum Gasteiger partial charge on any atom is 0.307 e. The summed E-state index contributed by atoms with van der Waals surface area (Å²) in [6.45, 7) is 2.15. The fourth-order valence-electron chi connectivity index (χ4n) is 2.78. The van der Waals surface area contributed by atoms with E-state index < -0.39 is 0 Å². The molecule has 0 amide bonds. The number of carbonyl (C=O) groups is 1. The van der Waals surface area contributed by atoms with Crippen molar-refractivity contribution < 1.29 is 14.3 Å². The van der Waals surface area contributed by atoms with Gasteiger partial charge in [0.05, 0.1) is 20.6 Å². The molecular weight excluding hydrogens is 242 g/mol. The Labute approximate surface area is 114 Å². The molecule has 0 radical (unpaired) electrons. The molecule has 1 aromatic rings. The van der Waals surface area contributed by atoms with E-state index in [0.717, 1.165) is 12.2 Å². The van der Waals surface area contributed by atoms with Crippen LogP contribution in [0.1, 0.15) is 31.2 Å². The first-order chi connectivity index (χ1) is 9.13. The van der Waals surface area contributed by atoms with Gasteiger partial charge in [0.2, 0.25) is 0 Å². The second-order valence-electron chi connectivity index (χ2n) is 5.07. The summed E-state index contributed by atoms with van der Waals surface area (Å²) >= 11 is 0. The molecule has 4 heteroatoms. The van der Waals surface area contributed by atoms with E-state index in [1.54, 1.807) is 7.11 Å². The number of carbonyl (C=O) groups excluding carboxylic acids is 1. The number of ether oxygens (including phenoxy) is 2. The average Bonchev–Trinajstić information content (AvgIpc) is 2.79. The molecule has 1 heterocycles. The first-order valence-electron chi connectivity index (χ1n) is 6.61. The van der Waals surface area contributed by atoms with Gasteiger partial charge >= 0.3 is 5.97 Å². The molecule has 1 saturated heterocycles. The summed E-state index contributed by atoms with van der Waals surface area (Å²) < 4.78 is 9.94. The summed E-state index contributed by atoms with van der Waals surface area (Å²) in [6, 6.07) is 8.65. The van der Waals surface area contributed by atoms with Gasteiger partial charge in [-0.25, -0.2) is 0 Å². The molecule has 104 valence electrons. The van der Waals surface area contributed by atoms with Crippen molar-refractivity contribution >= 4 is 5.97 Å². The minimum absolute atomic E-state index is 0.149. The molecular formula is C15H21NO3. The summed E-state index contributed by atoms with van der Waals surface area (Å²) in [4.78, 5) is 11.5. The third kappa shape index (κ3) is 3.26. The van der Waals surface area contributed by atoms with Crippen LogP contribution in [0, 0.1) is 0 Å². The lowest BCUT2D eigenvalue weighted by Crippen LogP contribution is -2.32. The van der Waals surface area contributed by atoms with Crippen molar-refractivity contribution in [3.05, 3.63) is 29.8 Å². The normalized spacial score (nSPS) is 26.2. The molecule has 0 bridgehead atoms. The van der Waals surface area contributed by atoms with Crippen LogP contribution in [0.4, 0.5) is 0 Å². The number of benzene rings is 1. The highest BCUT2D eigenvalue weighted by molar-refractivity contribution is 5.70. The summed E-state index contributed by atoms with van der Waals surface area (Å²) in [6.07, 6.45) is 1.45. The zero-order chi connectivity index (χ0) is 13.8. The van der Waals surface area contributed by atoms with Crippen LogP contribution >= 0.6 is 0 Å². The third-order valence-corrected chi connectivity index (χ3v) is 3.75. The number of hydrogen-bond acceptors (Lipinski definition) is 4. The number of nitrogens with one attached hydrogen (secondary N) is 1. The SMILES string of the molecule is COC(=O)C[C@H]1N[C@@H](C)C[C@H]1c1ccc(OC)cc1. The van der Waals surface area contributed by atoms with Crippen molar-refractivity contribution in [1.82, 2.24) is 5.32 Å². The van der Waals surface area contributed by atoms with Crippen LogP contribution in [0.2, 0.25) is 0 Å². The van der Waals surface area contributed by atoms with Crippen LogP contribution in [0.5, 0.6) is 5.75 Å². The molecule has 1 fully saturated rings. The first-order valence-corrected chi connectivity index (χ1v) is 6.61. The molecule has 0 unspecified atom stereocenters. The van der Waals surface area contributed by atoms with E-state index in [9.17, 15) is 4.79 Å². The molecule has 1 aliphatic heterocycles. The average molecular weight is 263 g/mol. The van der Waals surface area contributed by atoms with Gasteiger partial charge in [-0.15, -0.1) is 0 Å². The Bertz CT molecular complexity index is 430. The minimum atomic E-state index is -0.162. The van der Waals surface area contributed by atoms with Gasteiger partial charge in [0, 0.05) is 18.0 Å². The highest BCUT2D eigenvalue weighted by atomic mass is 16.5. The van der Waals surface area contributed by atoms with Crippen LogP contribution in [0.3, 0.4) is 0 Å². The molecule has 4 nitrogen and oxygen atoms in total. The highest BCUT2D eigenvalue weighted by Gasteiger charge is 2.34. The van der Waals surface area contributed by atoms with Crippen molar-refractivity contribution in [3.63, 3.8) is 0 Å². The molecule has 0 saturated carbocycles. The smallest absolute Gasteiger partial charge is 0.307 e. The van der Waals surface area contributed by atoms with Crippen molar-refractivity contribution in [2.24, 2.45) is 0 Å². The van der Waals surface area contributed by atoms with Gasteiger partial charge in [0.15, 0.2) is 0 Å². The molecule has 0 aromatic heterocycles. The molecule has 2 rings (SSSR count). The van der Waals surface area contributed by atoms with Crippen molar-refractivity contribution in [2.45, 2.75) is 37.8 Å². The fraction of sp³-hybridized carbons (Fsp3) is 0.533. The largest absolute Gasteiger partial charge is 0.497 e. The van der Waals surface area contributed by atoms with E-state index in [0.29, 0.717) is 18.4 Å². The minimum Gasteiger partial charge on any atom is -0.497 e. The van der Waals surface area contributed by atoms with Crippen LogP contribution < -0.4 is 10.1 Å². The van der Waals surface area contributed by atoms with E-state index in [2.05, 4.69) is 24.4 Å². The number of hydrogen-bond donors (Lipinski definition) is 1. The summed E-state index contributed by atoms with van der Waals surface area (Å²) in [5, 5.41) is 3.46. The number of esters is 1. The Morgan fingerprint density at radius 1 is 1.32 bits per heavy atom. The molecule has 19 heavy (non-hydrogen) atoms. The molecule has 1 N–H and O–H groups in total. The van der Waals surface area contributed by atoms with Gasteiger partial charge in [0.25, 0.3) is 0 Å². The summed E-state index contributed by atoms with van der Waals surface area (Å²) in [5.74, 6) is 1.04. The zero-order valence-electron chi connectivity index (χ0n) is 11.7. The molecule has 0 aliphatic carbocycles. The second-order valence-corrected chi connectivity index (χ2v) is 5.07. The molecule has 3 atom stereocenters. The van der Waals surface area contributed by atoms with Gasteiger partial charge in [-0.2, -0.15) is 0 Å².